The highest BCUT2D eigenvalue weighted by molar-refractivity contribution is 5.93. The van der Waals surface area contributed by atoms with Crippen molar-refractivity contribution < 1.29 is 19.6 Å². The molecule has 0 radical (unpaired) electrons. The van der Waals surface area contributed by atoms with Crippen LogP contribution >= 0.6 is 0 Å². The number of hydrogen-bond donors (Lipinski definition) is 2. The quantitative estimate of drug-likeness (QED) is 0.637. The summed E-state index contributed by atoms with van der Waals surface area (Å²) in [7, 11) is 0. The summed E-state index contributed by atoms with van der Waals surface area (Å²) in [5.74, 6) is -1.32. The predicted octanol–water partition coefficient (Wildman–Crippen LogP) is 1.88. The lowest BCUT2D eigenvalue weighted by Crippen LogP contribution is -2.34. The predicted molar refractivity (Wildman–Crippen MR) is 67.5 cm³/mol. The van der Waals surface area contributed by atoms with Gasteiger partial charge in [0.05, 0.1) is 17.1 Å². The SMILES string of the molecule is CC1(Nc2ccc([N+](=O)[O-])c(C(=O)O)c2)CCOC1. The number of nitrogens with zero attached hydrogens (tertiary/aromatic N) is 1. The third kappa shape index (κ3) is 2.82. The fraction of sp³-hybridized carbons (Fsp3) is 0.417. The van der Waals surface area contributed by atoms with Crippen LogP contribution < -0.4 is 5.32 Å². The van der Waals surface area contributed by atoms with E-state index in [0.29, 0.717) is 18.9 Å². The van der Waals surface area contributed by atoms with E-state index in [2.05, 4.69) is 5.32 Å². The smallest absolute Gasteiger partial charge is 0.342 e. The van der Waals surface area contributed by atoms with E-state index in [-0.39, 0.29) is 11.1 Å². The van der Waals surface area contributed by atoms with E-state index in [1.165, 1.54) is 18.2 Å². The van der Waals surface area contributed by atoms with E-state index in [1.54, 1.807) is 0 Å². The van der Waals surface area contributed by atoms with Gasteiger partial charge in [0, 0.05) is 18.4 Å². The van der Waals surface area contributed by atoms with Crippen molar-refractivity contribution in [3.05, 3.63) is 33.9 Å². The van der Waals surface area contributed by atoms with Crippen LogP contribution in [0.4, 0.5) is 11.4 Å². The van der Waals surface area contributed by atoms with E-state index in [9.17, 15) is 14.9 Å². The minimum atomic E-state index is -1.32. The Kier molecular flexibility index (Phi) is 3.39. The molecular formula is C12H14N2O5. The molecule has 1 atom stereocenters. The summed E-state index contributed by atoms with van der Waals surface area (Å²) in [4.78, 5) is 21.1. The molecule has 1 fully saturated rings. The van der Waals surface area contributed by atoms with Crippen molar-refractivity contribution in [2.75, 3.05) is 18.5 Å². The Morgan fingerprint density at radius 1 is 1.58 bits per heavy atom. The molecule has 1 aromatic rings. The molecule has 2 N–H and O–H groups in total. The number of aromatic carboxylic acids is 1. The van der Waals surface area contributed by atoms with Crippen LogP contribution in [0.15, 0.2) is 18.2 Å². The van der Waals surface area contributed by atoms with E-state index < -0.39 is 16.6 Å². The number of carboxylic acid groups (broad SMARTS) is 1. The zero-order chi connectivity index (χ0) is 14.0. The molecule has 19 heavy (non-hydrogen) atoms. The first kappa shape index (κ1) is 13.3. The first-order valence-corrected chi connectivity index (χ1v) is 5.79. The number of ether oxygens (including phenoxy) is 1. The van der Waals surface area contributed by atoms with Crippen molar-refractivity contribution in [2.45, 2.75) is 18.9 Å². The third-order valence-corrected chi connectivity index (χ3v) is 3.09. The number of nitro benzene ring substituents is 1. The standard InChI is InChI=1S/C12H14N2O5/c1-12(4-5-19-7-12)13-8-2-3-10(14(17)18)9(6-8)11(15)16/h2-3,6,13H,4-5,7H2,1H3,(H,15,16). The average Bonchev–Trinajstić information content (AvgIpc) is 2.75. The molecule has 1 heterocycles. The van der Waals surface area contributed by atoms with E-state index in [0.717, 1.165) is 6.42 Å². The maximum Gasteiger partial charge on any atom is 0.342 e. The summed E-state index contributed by atoms with van der Waals surface area (Å²) < 4.78 is 5.28. The number of rotatable bonds is 4. The molecule has 1 aromatic carbocycles. The summed E-state index contributed by atoms with van der Waals surface area (Å²) in [6.07, 6.45) is 0.798. The van der Waals surface area contributed by atoms with Crippen LogP contribution in [0, 0.1) is 10.1 Å². The Balaban J connectivity index is 2.30. The minimum Gasteiger partial charge on any atom is -0.477 e. The number of anilines is 1. The minimum absolute atomic E-state index is 0.272. The molecular weight excluding hydrogens is 252 g/mol. The Hall–Kier alpha value is -2.15. The number of nitrogens with one attached hydrogen (secondary N) is 1. The second kappa shape index (κ2) is 4.85. The van der Waals surface area contributed by atoms with Gasteiger partial charge in [-0.15, -0.1) is 0 Å². The van der Waals surface area contributed by atoms with Gasteiger partial charge in [-0.1, -0.05) is 0 Å². The van der Waals surface area contributed by atoms with Crippen LogP contribution in [-0.4, -0.2) is 34.8 Å². The van der Waals surface area contributed by atoms with E-state index in [1.807, 2.05) is 6.92 Å². The maximum absolute atomic E-state index is 11.0. The van der Waals surface area contributed by atoms with Gasteiger partial charge in [0.2, 0.25) is 0 Å². The van der Waals surface area contributed by atoms with Crippen LogP contribution in [-0.2, 0) is 4.74 Å². The molecule has 0 amide bonds. The van der Waals surface area contributed by atoms with E-state index >= 15 is 0 Å². The topological polar surface area (TPSA) is 102 Å². The fourth-order valence-electron chi connectivity index (χ4n) is 2.06. The molecule has 0 spiro atoms. The van der Waals surface area contributed by atoms with Gasteiger partial charge in [-0.3, -0.25) is 10.1 Å². The highest BCUT2D eigenvalue weighted by Crippen LogP contribution is 2.27. The largest absolute Gasteiger partial charge is 0.477 e. The van der Waals surface area contributed by atoms with Gasteiger partial charge in [-0.2, -0.15) is 0 Å². The molecule has 1 unspecified atom stereocenters. The molecule has 7 nitrogen and oxygen atoms in total. The number of carboxylic acids is 1. The first-order chi connectivity index (χ1) is 8.91. The highest BCUT2D eigenvalue weighted by Gasteiger charge is 2.30. The first-order valence-electron chi connectivity index (χ1n) is 5.79. The van der Waals surface area contributed by atoms with Gasteiger partial charge in [-0.05, 0) is 25.5 Å². The van der Waals surface area contributed by atoms with Crippen molar-refractivity contribution in [3.8, 4) is 0 Å². The second-order valence-corrected chi connectivity index (χ2v) is 4.78. The lowest BCUT2D eigenvalue weighted by atomic mass is 10.0. The summed E-state index contributed by atoms with van der Waals surface area (Å²) in [5, 5.41) is 22.9. The van der Waals surface area contributed by atoms with Crippen LogP contribution in [0.5, 0.6) is 0 Å². The van der Waals surface area contributed by atoms with Gasteiger partial charge in [0.25, 0.3) is 5.69 Å². The van der Waals surface area contributed by atoms with Crippen molar-refractivity contribution in [3.63, 3.8) is 0 Å². The Morgan fingerprint density at radius 2 is 2.32 bits per heavy atom. The summed E-state index contributed by atoms with van der Waals surface area (Å²) in [6.45, 7) is 3.12. The molecule has 1 aliphatic rings. The molecule has 102 valence electrons. The van der Waals surface area contributed by atoms with Crippen LogP contribution in [0.1, 0.15) is 23.7 Å². The normalized spacial score (nSPS) is 22.2. The fourth-order valence-corrected chi connectivity index (χ4v) is 2.06. The van der Waals surface area contributed by atoms with Crippen molar-refractivity contribution in [1.29, 1.82) is 0 Å². The number of hydrogen-bond acceptors (Lipinski definition) is 5. The van der Waals surface area contributed by atoms with Crippen LogP contribution in [0.25, 0.3) is 0 Å². The summed E-state index contributed by atoms with van der Waals surface area (Å²) >= 11 is 0. The van der Waals surface area contributed by atoms with Crippen molar-refractivity contribution in [1.82, 2.24) is 0 Å². The van der Waals surface area contributed by atoms with Gasteiger partial charge >= 0.3 is 5.97 Å². The molecule has 7 heteroatoms. The summed E-state index contributed by atoms with van der Waals surface area (Å²) in [5.41, 5.74) is -0.467. The monoisotopic (exact) mass is 266 g/mol. The van der Waals surface area contributed by atoms with Gasteiger partial charge in [0.1, 0.15) is 5.56 Å². The molecule has 0 saturated carbocycles. The molecule has 2 rings (SSSR count). The Morgan fingerprint density at radius 3 is 2.84 bits per heavy atom. The zero-order valence-corrected chi connectivity index (χ0v) is 10.4. The molecule has 0 bridgehead atoms. The molecule has 1 aliphatic heterocycles. The van der Waals surface area contributed by atoms with Gasteiger partial charge in [-0.25, -0.2) is 4.79 Å². The molecule has 0 aliphatic carbocycles. The average molecular weight is 266 g/mol. The Labute approximate surface area is 109 Å². The second-order valence-electron chi connectivity index (χ2n) is 4.78. The number of carbonyl (C=O) groups is 1. The lowest BCUT2D eigenvalue weighted by molar-refractivity contribution is -0.385. The number of nitro groups is 1. The number of benzene rings is 1. The third-order valence-electron chi connectivity index (χ3n) is 3.09. The van der Waals surface area contributed by atoms with Gasteiger partial charge in [0.15, 0.2) is 0 Å². The van der Waals surface area contributed by atoms with Crippen molar-refractivity contribution >= 4 is 17.3 Å². The van der Waals surface area contributed by atoms with Crippen molar-refractivity contribution in [2.24, 2.45) is 0 Å². The molecule has 1 saturated heterocycles. The highest BCUT2D eigenvalue weighted by atomic mass is 16.6. The summed E-state index contributed by atoms with van der Waals surface area (Å²) in [6, 6.07) is 3.99. The van der Waals surface area contributed by atoms with Gasteiger partial charge < -0.3 is 15.2 Å². The zero-order valence-electron chi connectivity index (χ0n) is 10.4. The van der Waals surface area contributed by atoms with E-state index in [4.69, 9.17) is 9.84 Å². The molecule has 0 aromatic heterocycles. The van der Waals surface area contributed by atoms with Crippen LogP contribution in [0.2, 0.25) is 0 Å². The lowest BCUT2D eigenvalue weighted by Gasteiger charge is -2.25. The maximum atomic E-state index is 11.0. The Bertz CT molecular complexity index is 523. The van der Waals surface area contributed by atoms with Crippen LogP contribution in [0.3, 0.4) is 0 Å².